The smallest absolute Gasteiger partial charge is 0.407 e. The van der Waals surface area contributed by atoms with Gasteiger partial charge in [-0.1, -0.05) is 30.3 Å². The standard InChI is InChI=1S/C17H15BrIN3O2/c18-16-8-13-14(19)10-22(15(13)9-21-16)7-6-20-17(23)24-11-12-4-2-1-3-5-12/h1-5,8-10H,6-7,11H2,(H,20,23). The molecule has 3 aromatic rings. The van der Waals surface area contributed by atoms with E-state index in [2.05, 4.69) is 59.6 Å². The molecule has 0 aliphatic heterocycles. The van der Waals surface area contributed by atoms with Crippen LogP contribution >= 0.6 is 38.5 Å². The molecular weight excluding hydrogens is 485 g/mol. The second-order valence-corrected chi connectivity index (χ2v) is 7.16. The monoisotopic (exact) mass is 499 g/mol. The molecule has 0 aliphatic rings. The van der Waals surface area contributed by atoms with Gasteiger partial charge in [0.05, 0.1) is 11.7 Å². The number of hydrogen-bond acceptors (Lipinski definition) is 3. The van der Waals surface area contributed by atoms with Crippen LogP contribution in [0.3, 0.4) is 0 Å². The Morgan fingerprint density at radius 1 is 1.33 bits per heavy atom. The summed E-state index contributed by atoms with van der Waals surface area (Å²) in [7, 11) is 0. The van der Waals surface area contributed by atoms with Crippen LogP contribution in [0.15, 0.2) is 53.4 Å². The van der Waals surface area contributed by atoms with Crippen molar-refractivity contribution < 1.29 is 9.53 Å². The summed E-state index contributed by atoms with van der Waals surface area (Å²) in [5.41, 5.74) is 2.01. The zero-order valence-electron chi connectivity index (χ0n) is 12.7. The van der Waals surface area contributed by atoms with E-state index in [4.69, 9.17) is 4.74 Å². The van der Waals surface area contributed by atoms with Gasteiger partial charge in [-0.05, 0) is 50.2 Å². The Hall–Kier alpha value is -1.61. The zero-order chi connectivity index (χ0) is 16.9. The molecule has 0 saturated heterocycles. The summed E-state index contributed by atoms with van der Waals surface area (Å²) in [5.74, 6) is 0. The highest BCUT2D eigenvalue weighted by Crippen LogP contribution is 2.24. The number of ether oxygens (including phenoxy) is 1. The van der Waals surface area contributed by atoms with E-state index in [1.54, 1.807) is 0 Å². The number of nitrogens with one attached hydrogen (secondary N) is 1. The second-order valence-electron chi connectivity index (χ2n) is 5.18. The van der Waals surface area contributed by atoms with E-state index in [9.17, 15) is 4.79 Å². The predicted octanol–water partition coefficient (Wildman–Crippen LogP) is 4.33. The Labute approximate surface area is 161 Å². The summed E-state index contributed by atoms with van der Waals surface area (Å²) < 4.78 is 9.24. The van der Waals surface area contributed by atoms with Gasteiger partial charge in [-0.25, -0.2) is 9.78 Å². The van der Waals surface area contributed by atoms with E-state index in [0.717, 1.165) is 24.6 Å². The summed E-state index contributed by atoms with van der Waals surface area (Å²) >= 11 is 5.69. The van der Waals surface area contributed by atoms with E-state index in [1.165, 1.54) is 0 Å². The van der Waals surface area contributed by atoms with Crippen molar-refractivity contribution in [1.82, 2.24) is 14.9 Å². The van der Waals surface area contributed by atoms with Gasteiger partial charge >= 0.3 is 6.09 Å². The number of nitrogens with zero attached hydrogens (tertiary/aromatic N) is 2. The Bertz CT molecular complexity index is 852. The first kappa shape index (κ1) is 17.2. The van der Waals surface area contributed by atoms with Crippen molar-refractivity contribution in [2.75, 3.05) is 6.54 Å². The molecular formula is C17H15BrIN3O2. The van der Waals surface area contributed by atoms with E-state index in [0.29, 0.717) is 13.1 Å². The molecule has 2 aromatic heterocycles. The summed E-state index contributed by atoms with van der Waals surface area (Å²) in [6.07, 6.45) is 3.47. The molecule has 0 atom stereocenters. The molecule has 0 bridgehead atoms. The van der Waals surface area contributed by atoms with E-state index in [1.807, 2.05) is 42.6 Å². The van der Waals surface area contributed by atoms with Crippen LogP contribution in [-0.2, 0) is 17.9 Å². The SMILES string of the molecule is O=C(NCCn1cc(I)c2cc(Br)ncc21)OCc1ccccc1. The Balaban J connectivity index is 1.52. The quantitative estimate of drug-likeness (QED) is 0.420. The molecule has 3 rings (SSSR count). The molecule has 0 aliphatic carbocycles. The van der Waals surface area contributed by atoms with Crippen LogP contribution in [0.4, 0.5) is 4.79 Å². The van der Waals surface area contributed by atoms with Crippen molar-refractivity contribution in [3.05, 3.63) is 62.5 Å². The number of hydrogen-bond donors (Lipinski definition) is 1. The minimum Gasteiger partial charge on any atom is -0.445 e. The first-order valence-corrected chi connectivity index (χ1v) is 9.25. The molecule has 0 saturated carbocycles. The number of aromatic nitrogens is 2. The number of fused-ring (bicyclic) bond motifs is 1. The van der Waals surface area contributed by atoms with E-state index >= 15 is 0 Å². The fraction of sp³-hybridized carbons (Fsp3) is 0.176. The largest absolute Gasteiger partial charge is 0.445 e. The van der Waals surface area contributed by atoms with Gasteiger partial charge in [0, 0.05) is 28.2 Å². The maximum atomic E-state index is 11.8. The fourth-order valence-electron chi connectivity index (χ4n) is 2.36. The lowest BCUT2D eigenvalue weighted by molar-refractivity contribution is 0.139. The van der Waals surface area contributed by atoms with Crippen molar-refractivity contribution >= 4 is 55.5 Å². The number of carbonyl (C=O) groups is 1. The first-order valence-electron chi connectivity index (χ1n) is 7.38. The Morgan fingerprint density at radius 2 is 2.12 bits per heavy atom. The summed E-state index contributed by atoms with van der Waals surface area (Å²) in [5, 5.41) is 3.92. The molecule has 5 nitrogen and oxygen atoms in total. The molecule has 0 fully saturated rings. The van der Waals surface area contributed by atoms with Gasteiger partial charge in [0.25, 0.3) is 0 Å². The van der Waals surface area contributed by atoms with E-state index < -0.39 is 6.09 Å². The lowest BCUT2D eigenvalue weighted by atomic mass is 10.2. The van der Waals surface area contributed by atoms with E-state index in [-0.39, 0.29) is 6.61 Å². The highest BCUT2D eigenvalue weighted by molar-refractivity contribution is 14.1. The van der Waals surface area contributed by atoms with Gasteiger partial charge in [0.15, 0.2) is 0 Å². The maximum absolute atomic E-state index is 11.8. The van der Waals surface area contributed by atoms with Crippen LogP contribution in [0.25, 0.3) is 10.9 Å². The highest BCUT2D eigenvalue weighted by atomic mass is 127. The molecule has 0 radical (unpaired) electrons. The van der Waals surface area contributed by atoms with Gasteiger partial charge < -0.3 is 14.6 Å². The normalized spacial score (nSPS) is 10.8. The van der Waals surface area contributed by atoms with Crippen LogP contribution in [0.2, 0.25) is 0 Å². The minimum absolute atomic E-state index is 0.273. The van der Waals surface area contributed by atoms with Crippen LogP contribution in [-0.4, -0.2) is 22.2 Å². The molecule has 1 aromatic carbocycles. The molecule has 1 N–H and O–H groups in total. The molecule has 7 heteroatoms. The fourth-order valence-corrected chi connectivity index (χ4v) is 3.46. The molecule has 2 heterocycles. The average molecular weight is 500 g/mol. The lowest BCUT2D eigenvalue weighted by Crippen LogP contribution is -2.27. The van der Waals surface area contributed by atoms with Gasteiger partial charge in [0.2, 0.25) is 0 Å². The second kappa shape index (κ2) is 7.98. The number of carbonyl (C=O) groups excluding carboxylic acids is 1. The van der Waals surface area contributed by atoms with Crippen molar-refractivity contribution in [2.24, 2.45) is 0 Å². The molecule has 124 valence electrons. The number of halogens is 2. The van der Waals surface area contributed by atoms with Gasteiger partial charge in [-0.15, -0.1) is 0 Å². The maximum Gasteiger partial charge on any atom is 0.407 e. The third-order valence-electron chi connectivity index (χ3n) is 3.52. The third-order valence-corrected chi connectivity index (χ3v) is 4.81. The molecule has 0 spiro atoms. The number of alkyl carbamates (subject to hydrolysis) is 1. The van der Waals surface area contributed by atoms with Crippen molar-refractivity contribution in [3.63, 3.8) is 0 Å². The number of benzene rings is 1. The van der Waals surface area contributed by atoms with Crippen molar-refractivity contribution in [1.29, 1.82) is 0 Å². The van der Waals surface area contributed by atoms with Gasteiger partial charge in [0.1, 0.15) is 11.2 Å². The van der Waals surface area contributed by atoms with Crippen LogP contribution in [0, 0.1) is 3.57 Å². The summed E-state index contributed by atoms with van der Waals surface area (Å²) in [6, 6.07) is 11.6. The van der Waals surface area contributed by atoms with Crippen molar-refractivity contribution in [3.8, 4) is 0 Å². The van der Waals surface area contributed by atoms with Crippen LogP contribution in [0.1, 0.15) is 5.56 Å². The topological polar surface area (TPSA) is 56.2 Å². The third kappa shape index (κ3) is 4.27. The zero-order valence-corrected chi connectivity index (χ0v) is 16.5. The van der Waals surface area contributed by atoms with Crippen molar-refractivity contribution in [2.45, 2.75) is 13.2 Å². The van der Waals surface area contributed by atoms with Gasteiger partial charge in [-0.3, -0.25) is 0 Å². The number of pyridine rings is 1. The highest BCUT2D eigenvalue weighted by Gasteiger charge is 2.08. The predicted molar refractivity (Wildman–Crippen MR) is 105 cm³/mol. The Morgan fingerprint density at radius 3 is 2.92 bits per heavy atom. The first-order chi connectivity index (χ1) is 11.6. The average Bonchev–Trinajstić information content (AvgIpc) is 2.89. The van der Waals surface area contributed by atoms with Gasteiger partial charge in [-0.2, -0.15) is 0 Å². The van der Waals surface area contributed by atoms with Crippen LogP contribution < -0.4 is 5.32 Å². The number of rotatable bonds is 5. The molecule has 1 amide bonds. The Kier molecular flexibility index (Phi) is 5.72. The molecule has 0 unspecified atom stereocenters. The summed E-state index contributed by atoms with van der Waals surface area (Å²) in [4.78, 5) is 16.0. The van der Waals surface area contributed by atoms with Crippen LogP contribution in [0.5, 0.6) is 0 Å². The number of amides is 1. The minimum atomic E-state index is -0.411. The summed E-state index contributed by atoms with van der Waals surface area (Å²) in [6.45, 7) is 1.42. The lowest BCUT2D eigenvalue weighted by Gasteiger charge is -2.08. The molecule has 24 heavy (non-hydrogen) atoms.